The van der Waals surface area contributed by atoms with Gasteiger partial charge < -0.3 is 18.9 Å². The number of ether oxygens (including phenoxy) is 4. The van der Waals surface area contributed by atoms with Crippen molar-refractivity contribution in [3.05, 3.63) is 10.4 Å². The van der Waals surface area contributed by atoms with E-state index < -0.39 is 5.79 Å². The molecule has 2 fully saturated rings. The molecule has 0 amide bonds. The SMILES string of the molecule is CCCC[C@@H](CC(=O)OC)[C@@H]1OC1[C@@H]1OC(C)(C)OC1CN=[N+]=[N-]. The molecule has 2 aliphatic heterocycles. The number of methoxy groups -OCH3 is 1. The molecule has 0 radical (unpaired) electrons. The van der Waals surface area contributed by atoms with Gasteiger partial charge in [0, 0.05) is 4.91 Å². The smallest absolute Gasteiger partial charge is 0.305 e. The van der Waals surface area contributed by atoms with Gasteiger partial charge in [0.1, 0.15) is 12.2 Å². The Morgan fingerprint density at radius 1 is 1.38 bits per heavy atom. The van der Waals surface area contributed by atoms with Crippen LogP contribution in [0.25, 0.3) is 10.4 Å². The van der Waals surface area contributed by atoms with Gasteiger partial charge in [0.25, 0.3) is 0 Å². The van der Waals surface area contributed by atoms with Crippen LogP contribution in [0.2, 0.25) is 0 Å². The second kappa shape index (κ2) is 8.16. The van der Waals surface area contributed by atoms with Gasteiger partial charge in [-0.1, -0.05) is 24.9 Å². The molecule has 0 bridgehead atoms. The second-order valence-corrected chi connectivity index (χ2v) is 6.80. The molecular weight excluding hydrogens is 314 g/mol. The van der Waals surface area contributed by atoms with Crippen LogP contribution < -0.4 is 0 Å². The normalized spacial score (nSPS) is 32.0. The molecule has 24 heavy (non-hydrogen) atoms. The molecule has 2 heterocycles. The van der Waals surface area contributed by atoms with E-state index in [2.05, 4.69) is 16.9 Å². The molecular formula is C16H27N3O5. The van der Waals surface area contributed by atoms with E-state index in [9.17, 15) is 4.79 Å². The second-order valence-electron chi connectivity index (χ2n) is 6.80. The molecule has 0 N–H and O–H groups in total. The van der Waals surface area contributed by atoms with E-state index in [0.29, 0.717) is 6.42 Å². The molecule has 0 aromatic carbocycles. The van der Waals surface area contributed by atoms with Crippen molar-refractivity contribution in [1.29, 1.82) is 0 Å². The fraction of sp³-hybridized carbons (Fsp3) is 0.938. The maximum Gasteiger partial charge on any atom is 0.305 e. The fourth-order valence-corrected chi connectivity index (χ4v) is 3.33. The number of hydrogen-bond donors (Lipinski definition) is 0. The topological polar surface area (TPSA) is 106 Å². The summed E-state index contributed by atoms with van der Waals surface area (Å²) < 4.78 is 22.4. The molecule has 2 unspecified atom stereocenters. The van der Waals surface area contributed by atoms with E-state index in [-0.39, 0.29) is 42.8 Å². The Morgan fingerprint density at radius 2 is 2.12 bits per heavy atom. The molecule has 0 spiro atoms. The molecule has 2 saturated heterocycles. The Bertz CT molecular complexity index is 492. The van der Waals surface area contributed by atoms with Gasteiger partial charge in [0.15, 0.2) is 5.79 Å². The number of carbonyl (C=O) groups is 1. The van der Waals surface area contributed by atoms with Crippen molar-refractivity contribution in [3.63, 3.8) is 0 Å². The fourth-order valence-electron chi connectivity index (χ4n) is 3.33. The zero-order chi connectivity index (χ0) is 17.7. The van der Waals surface area contributed by atoms with Crippen LogP contribution in [0, 0.1) is 5.92 Å². The number of esters is 1. The van der Waals surface area contributed by atoms with Crippen LogP contribution in [0.5, 0.6) is 0 Å². The maximum atomic E-state index is 11.7. The Balaban J connectivity index is 2.01. The summed E-state index contributed by atoms with van der Waals surface area (Å²) in [6.45, 7) is 5.98. The zero-order valence-corrected chi connectivity index (χ0v) is 14.8. The number of hydrogen-bond acceptors (Lipinski definition) is 6. The number of carbonyl (C=O) groups excluding carboxylic acids is 1. The largest absolute Gasteiger partial charge is 0.469 e. The van der Waals surface area contributed by atoms with Gasteiger partial charge in [-0.05, 0) is 31.7 Å². The van der Waals surface area contributed by atoms with Crippen molar-refractivity contribution in [1.82, 2.24) is 0 Å². The summed E-state index contributed by atoms with van der Waals surface area (Å²) in [5.41, 5.74) is 8.54. The summed E-state index contributed by atoms with van der Waals surface area (Å²) in [5, 5.41) is 3.61. The third kappa shape index (κ3) is 4.83. The minimum atomic E-state index is -0.738. The van der Waals surface area contributed by atoms with Crippen molar-refractivity contribution in [2.75, 3.05) is 13.7 Å². The van der Waals surface area contributed by atoms with E-state index in [1.807, 2.05) is 13.8 Å². The van der Waals surface area contributed by atoms with E-state index in [0.717, 1.165) is 19.3 Å². The minimum absolute atomic E-state index is 0.0493. The number of azide groups is 1. The minimum Gasteiger partial charge on any atom is -0.469 e. The highest BCUT2D eigenvalue weighted by molar-refractivity contribution is 5.69. The Hall–Kier alpha value is -1.34. The molecule has 136 valence electrons. The highest BCUT2D eigenvalue weighted by atomic mass is 16.8. The molecule has 5 atom stereocenters. The van der Waals surface area contributed by atoms with Gasteiger partial charge in [-0.2, -0.15) is 0 Å². The third-order valence-corrected chi connectivity index (χ3v) is 4.48. The lowest BCUT2D eigenvalue weighted by atomic mass is 9.91. The molecule has 2 rings (SSSR count). The predicted molar refractivity (Wildman–Crippen MR) is 86.1 cm³/mol. The van der Waals surface area contributed by atoms with Crippen LogP contribution in [0.4, 0.5) is 0 Å². The number of nitrogens with zero attached hydrogens (tertiary/aromatic N) is 3. The van der Waals surface area contributed by atoms with Crippen molar-refractivity contribution >= 4 is 5.97 Å². The van der Waals surface area contributed by atoms with Crippen LogP contribution in [-0.4, -0.2) is 49.8 Å². The molecule has 0 aromatic rings. The third-order valence-electron chi connectivity index (χ3n) is 4.48. The molecule has 2 aliphatic rings. The van der Waals surface area contributed by atoms with Crippen molar-refractivity contribution < 1.29 is 23.7 Å². The summed E-state index contributed by atoms with van der Waals surface area (Å²) >= 11 is 0. The van der Waals surface area contributed by atoms with Crippen molar-refractivity contribution in [3.8, 4) is 0 Å². The number of epoxide rings is 1. The lowest BCUT2D eigenvalue weighted by Gasteiger charge is -2.17. The molecule has 8 heteroatoms. The van der Waals surface area contributed by atoms with E-state index >= 15 is 0 Å². The lowest BCUT2D eigenvalue weighted by molar-refractivity contribution is -0.147. The maximum absolute atomic E-state index is 11.7. The lowest BCUT2D eigenvalue weighted by Crippen LogP contribution is -2.33. The summed E-state index contributed by atoms with van der Waals surface area (Å²) in [4.78, 5) is 14.5. The van der Waals surface area contributed by atoms with Crippen LogP contribution in [0.1, 0.15) is 46.5 Å². The monoisotopic (exact) mass is 341 g/mol. The Morgan fingerprint density at radius 3 is 2.75 bits per heavy atom. The van der Waals surface area contributed by atoms with Gasteiger partial charge in [-0.15, -0.1) is 0 Å². The molecule has 0 aliphatic carbocycles. The highest BCUT2D eigenvalue weighted by Gasteiger charge is 2.57. The molecule has 8 nitrogen and oxygen atoms in total. The quantitative estimate of drug-likeness (QED) is 0.211. The van der Waals surface area contributed by atoms with Crippen LogP contribution >= 0.6 is 0 Å². The first kappa shape index (κ1) is 19.0. The molecule has 0 saturated carbocycles. The zero-order valence-electron chi connectivity index (χ0n) is 14.8. The van der Waals surface area contributed by atoms with Crippen LogP contribution in [-0.2, 0) is 23.7 Å². The van der Waals surface area contributed by atoms with Gasteiger partial charge in [-0.3, -0.25) is 4.79 Å². The Kier molecular flexibility index (Phi) is 6.46. The van der Waals surface area contributed by atoms with E-state index in [1.165, 1.54) is 7.11 Å². The van der Waals surface area contributed by atoms with Crippen molar-refractivity contribution in [2.24, 2.45) is 11.0 Å². The average molecular weight is 341 g/mol. The van der Waals surface area contributed by atoms with Gasteiger partial charge in [0.2, 0.25) is 0 Å². The van der Waals surface area contributed by atoms with E-state index in [1.54, 1.807) is 0 Å². The first-order chi connectivity index (χ1) is 11.4. The van der Waals surface area contributed by atoms with Crippen LogP contribution in [0.3, 0.4) is 0 Å². The van der Waals surface area contributed by atoms with Crippen LogP contribution in [0.15, 0.2) is 5.11 Å². The van der Waals surface area contributed by atoms with Gasteiger partial charge in [0.05, 0.1) is 32.3 Å². The Labute approximate surface area is 142 Å². The molecule has 0 aromatic heterocycles. The van der Waals surface area contributed by atoms with E-state index in [4.69, 9.17) is 24.5 Å². The summed E-state index contributed by atoms with van der Waals surface area (Å²) in [6, 6.07) is 0. The number of unbranched alkanes of at least 4 members (excludes halogenated alkanes) is 1. The summed E-state index contributed by atoms with van der Waals surface area (Å²) in [6.07, 6.45) is 2.52. The predicted octanol–water partition coefficient (Wildman–Crippen LogP) is 2.95. The summed E-state index contributed by atoms with van der Waals surface area (Å²) in [7, 11) is 1.40. The van der Waals surface area contributed by atoms with Gasteiger partial charge in [-0.25, -0.2) is 0 Å². The first-order valence-electron chi connectivity index (χ1n) is 8.50. The van der Waals surface area contributed by atoms with Crippen molar-refractivity contribution in [2.45, 2.75) is 76.7 Å². The highest BCUT2D eigenvalue weighted by Crippen LogP contribution is 2.43. The van der Waals surface area contributed by atoms with Gasteiger partial charge >= 0.3 is 5.97 Å². The standard InChI is InChI=1S/C16H27N3O5/c1-5-6-7-10(8-12(20)21-4)13-15(22-13)14-11(9-18-19-17)23-16(2,3)24-14/h10-11,13-15H,5-9H2,1-4H3/t10-,11?,13-,14+,15?/m0/s1. The number of rotatable bonds is 9. The average Bonchev–Trinajstić information content (AvgIpc) is 3.27. The first-order valence-corrected chi connectivity index (χ1v) is 8.50. The summed E-state index contributed by atoms with van der Waals surface area (Å²) in [5.74, 6) is -0.854.